The second-order valence-electron chi connectivity index (χ2n) is 7.58. The number of aromatic nitrogens is 1. The van der Waals surface area contributed by atoms with E-state index in [0.29, 0.717) is 15.7 Å². The van der Waals surface area contributed by atoms with Gasteiger partial charge in [-0.15, -0.1) is 0 Å². The number of rotatable bonds is 6. The Kier molecular flexibility index (Phi) is 6.33. The Morgan fingerprint density at radius 3 is 2.34 bits per heavy atom. The summed E-state index contributed by atoms with van der Waals surface area (Å²) in [6.45, 7) is 4.01. The van der Waals surface area contributed by atoms with Crippen LogP contribution in [0.2, 0.25) is 5.02 Å². The Bertz CT molecular complexity index is 1340. The number of fused-ring (bicyclic) bond motifs is 1. The number of carbonyl (C=O) groups excluding carboxylic acids is 1. The van der Waals surface area contributed by atoms with Gasteiger partial charge in [0.15, 0.2) is 15.0 Å². The third-order valence-corrected chi connectivity index (χ3v) is 8.25. The van der Waals surface area contributed by atoms with E-state index < -0.39 is 21.5 Å². The second kappa shape index (κ2) is 9.02. The summed E-state index contributed by atoms with van der Waals surface area (Å²) < 4.78 is 26.6. The van der Waals surface area contributed by atoms with Gasteiger partial charge in [-0.2, -0.15) is 0 Å². The summed E-state index contributed by atoms with van der Waals surface area (Å²) >= 11 is 7.64. The average Bonchev–Trinajstić information content (AvgIpc) is 3.22. The molecule has 0 radical (unpaired) electrons. The molecule has 0 aliphatic rings. The minimum Gasteiger partial charge on any atom is -0.283 e. The van der Waals surface area contributed by atoms with Gasteiger partial charge in [-0.05, 0) is 43.2 Å². The largest absolute Gasteiger partial charge is 0.283 e. The molecule has 5 nitrogen and oxygen atoms in total. The summed E-state index contributed by atoms with van der Waals surface area (Å²) in [5.41, 5.74) is 3.47. The van der Waals surface area contributed by atoms with Crippen LogP contribution in [-0.4, -0.2) is 25.1 Å². The number of amides is 1. The number of nitrogens with zero attached hydrogens (tertiary/aromatic N) is 2. The first kappa shape index (κ1) is 22.5. The number of sulfone groups is 1. The second-order valence-corrected chi connectivity index (χ2v) is 11.0. The molecular formula is C24H21ClN2O3S2. The van der Waals surface area contributed by atoms with Crippen molar-refractivity contribution in [3.63, 3.8) is 0 Å². The molecule has 0 bridgehead atoms. The maximum Gasteiger partial charge on any atom is 0.244 e. The van der Waals surface area contributed by atoms with E-state index in [2.05, 4.69) is 4.98 Å². The molecule has 1 heterocycles. The van der Waals surface area contributed by atoms with Crippen molar-refractivity contribution >= 4 is 54.0 Å². The Balaban J connectivity index is 1.72. The maximum absolute atomic E-state index is 13.3. The van der Waals surface area contributed by atoms with E-state index in [1.165, 1.54) is 28.4 Å². The third kappa shape index (κ3) is 4.70. The fourth-order valence-corrected chi connectivity index (χ4v) is 5.84. The molecule has 1 aromatic heterocycles. The fraction of sp³-hybridized carbons (Fsp3) is 0.167. The Morgan fingerprint density at radius 2 is 1.69 bits per heavy atom. The van der Waals surface area contributed by atoms with Gasteiger partial charge in [0.1, 0.15) is 5.75 Å². The third-order valence-electron chi connectivity index (χ3n) is 5.10. The zero-order valence-electron chi connectivity index (χ0n) is 17.6. The van der Waals surface area contributed by atoms with E-state index in [4.69, 9.17) is 11.6 Å². The summed E-state index contributed by atoms with van der Waals surface area (Å²) in [6.07, 6.45) is 0. The van der Waals surface area contributed by atoms with Crippen molar-refractivity contribution in [3.05, 3.63) is 88.4 Å². The highest BCUT2D eigenvalue weighted by Crippen LogP contribution is 2.36. The molecular weight excluding hydrogens is 464 g/mol. The summed E-state index contributed by atoms with van der Waals surface area (Å²) in [5.74, 6) is -1.19. The number of thiazole rings is 1. The predicted molar refractivity (Wildman–Crippen MR) is 130 cm³/mol. The number of anilines is 1. The zero-order chi connectivity index (χ0) is 22.9. The minimum atomic E-state index is -3.81. The molecule has 164 valence electrons. The van der Waals surface area contributed by atoms with Crippen molar-refractivity contribution in [3.8, 4) is 0 Å². The zero-order valence-corrected chi connectivity index (χ0v) is 20.0. The normalized spacial score (nSPS) is 11.6. The van der Waals surface area contributed by atoms with Crippen LogP contribution in [0, 0.1) is 13.8 Å². The molecule has 0 atom stereocenters. The molecule has 32 heavy (non-hydrogen) atoms. The minimum absolute atomic E-state index is 0.124. The summed E-state index contributed by atoms with van der Waals surface area (Å²) in [7, 11) is -3.81. The van der Waals surface area contributed by atoms with Gasteiger partial charge in [0.25, 0.3) is 0 Å². The van der Waals surface area contributed by atoms with E-state index in [-0.39, 0.29) is 11.4 Å². The van der Waals surface area contributed by atoms with Gasteiger partial charge in [0.05, 0.1) is 26.7 Å². The Morgan fingerprint density at radius 1 is 1.00 bits per heavy atom. The van der Waals surface area contributed by atoms with Crippen molar-refractivity contribution in [2.45, 2.75) is 25.3 Å². The lowest BCUT2D eigenvalue weighted by molar-refractivity contribution is -0.116. The van der Waals surface area contributed by atoms with E-state index in [1.807, 2.05) is 50.2 Å². The topological polar surface area (TPSA) is 67.3 Å². The standard InChI is InChI=1S/C24H21ClN2O3S2/c1-16-8-11-19(12-9-16)32(29,30)15-21(28)27(14-18-6-4-3-5-7-18)24-26-22-17(2)10-13-20(25)23(22)31-24/h3-13H,14-15H2,1-2H3. The fourth-order valence-electron chi connectivity index (χ4n) is 3.30. The number of aryl methyl sites for hydroxylation is 2. The smallest absolute Gasteiger partial charge is 0.244 e. The van der Waals surface area contributed by atoms with Crippen molar-refractivity contribution in [1.82, 2.24) is 4.98 Å². The number of hydrogen-bond donors (Lipinski definition) is 0. The SMILES string of the molecule is Cc1ccc(S(=O)(=O)CC(=O)N(Cc2ccccc2)c2nc3c(C)ccc(Cl)c3s2)cc1. The first-order chi connectivity index (χ1) is 15.2. The van der Waals surface area contributed by atoms with Crippen molar-refractivity contribution in [2.75, 3.05) is 10.7 Å². The van der Waals surface area contributed by atoms with Gasteiger partial charge in [-0.3, -0.25) is 9.69 Å². The highest BCUT2D eigenvalue weighted by atomic mass is 35.5. The lowest BCUT2D eigenvalue weighted by Gasteiger charge is -2.20. The molecule has 0 aliphatic heterocycles. The molecule has 1 amide bonds. The molecule has 8 heteroatoms. The molecule has 0 fully saturated rings. The molecule has 0 unspecified atom stereocenters. The average molecular weight is 485 g/mol. The highest BCUT2D eigenvalue weighted by molar-refractivity contribution is 7.92. The molecule has 0 saturated carbocycles. The lowest BCUT2D eigenvalue weighted by atomic mass is 10.2. The van der Waals surface area contributed by atoms with Crippen LogP contribution in [-0.2, 0) is 21.2 Å². The van der Waals surface area contributed by atoms with Crippen LogP contribution in [0.4, 0.5) is 5.13 Å². The molecule has 0 spiro atoms. The van der Waals surface area contributed by atoms with Crippen LogP contribution in [0.3, 0.4) is 0 Å². The van der Waals surface area contributed by atoms with Crippen LogP contribution in [0.1, 0.15) is 16.7 Å². The van der Waals surface area contributed by atoms with E-state index in [0.717, 1.165) is 21.4 Å². The quantitative estimate of drug-likeness (QED) is 0.358. The Hall–Kier alpha value is -2.74. The maximum atomic E-state index is 13.3. The molecule has 4 rings (SSSR count). The lowest BCUT2D eigenvalue weighted by Crippen LogP contribution is -2.35. The number of halogens is 1. The van der Waals surface area contributed by atoms with E-state index in [1.54, 1.807) is 18.2 Å². The summed E-state index contributed by atoms with van der Waals surface area (Å²) in [5, 5.41) is 0.970. The van der Waals surface area contributed by atoms with Gasteiger partial charge in [-0.25, -0.2) is 13.4 Å². The number of carbonyl (C=O) groups is 1. The number of hydrogen-bond acceptors (Lipinski definition) is 5. The van der Waals surface area contributed by atoms with Gasteiger partial charge in [0.2, 0.25) is 5.91 Å². The summed E-state index contributed by atoms with van der Waals surface area (Å²) in [6, 6.07) is 19.6. The Labute approximate surface area is 196 Å². The van der Waals surface area contributed by atoms with Crippen molar-refractivity contribution in [2.24, 2.45) is 0 Å². The van der Waals surface area contributed by atoms with E-state index in [9.17, 15) is 13.2 Å². The highest BCUT2D eigenvalue weighted by Gasteiger charge is 2.27. The van der Waals surface area contributed by atoms with Crippen molar-refractivity contribution < 1.29 is 13.2 Å². The molecule has 4 aromatic rings. The first-order valence-electron chi connectivity index (χ1n) is 9.94. The molecule has 0 aliphatic carbocycles. The van der Waals surface area contributed by atoms with Gasteiger partial charge < -0.3 is 0 Å². The molecule has 0 saturated heterocycles. The van der Waals surface area contributed by atoms with E-state index >= 15 is 0 Å². The molecule has 0 N–H and O–H groups in total. The monoisotopic (exact) mass is 484 g/mol. The van der Waals surface area contributed by atoms with Crippen molar-refractivity contribution in [1.29, 1.82) is 0 Å². The number of benzene rings is 3. The summed E-state index contributed by atoms with van der Waals surface area (Å²) in [4.78, 5) is 19.5. The van der Waals surface area contributed by atoms with Crippen LogP contribution < -0.4 is 4.90 Å². The van der Waals surface area contributed by atoms with Gasteiger partial charge in [-0.1, -0.05) is 77.0 Å². The van der Waals surface area contributed by atoms with Crippen LogP contribution in [0.15, 0.2) is 71.6 Å². The predicted octanol–water partition coefficient (Wildman–Crippen LogP) is 5.57. The van der Waals surface area contributed by atoms with Crippen LogP contribution in [0.5, 0.6) is 0 Å². The first-order valence-corrected chi connectivity index (χ1v) is 12.8. The van der Waals surface area contributed by atoms with Crippen LogP contribution >= 0.6 is 22.9 Å². The molecule has 3 aromatic carbocycles. The van der Waals surface area contributed by atoms with Gasteiger partial charge in [0, 0.05) is 0 Å². The van der Waals surface area contributed by atoms with Gasteiger partial charge >= 0.3 is 0 Å². The van der Waals surface area contributed by atoms with Crippen LogP contribution in [0.25, 0.3) is 10.2 Å².